The van der Waals surface area contributed by atoms with Gasteiger partial charge >= 0.3 is 0 Å². The molecule has 1 aliphatic heterocycles. The third-order valence-corrected chi connectivity index (χ3v) is 4.25. The molecule has 0 atom stereocenters. The second-order valence-electron chi connectivity index (χ2n) is 5.64. The molecular weight excluding hydrogens is 264 g/mol. The molecule has 0 aliphatic carbocycles. The first-order valence-corrected chi connectivity index (χ1v) is 7.76. The second kappa shape index (κ2) is 7.57. The molecule has 0 unspecified atom stereocenters. The van der Waals surface area contributed by atoms with E-state index in [-0.39, 0.29) is 5.91 Å². The lowest BCUT2D eigenvalue weighted by Gasteiger charge is -2.32. The number of benzene rings is 1. The number of hydrogen-bond acceptors (Lipinski definition) is 3. The maximum absolute atomic E-state index is 12.6. The van der Waals surface area contributed by atoms with Crippen LogP contribution in [0.2, 0.25) is 0 Å². The van der Waals surface area contributed by atoms with Crippen LogP contribution in [0.4, 0.5) is 5.69 Å². The molecule has 21 heavy (non-hydrogen) atoms. The van der Waals surface area contributed by atoms with Crippen molar-refractivity contribution in [2.24, 2.45) is 0 Å². The molecule has 0 saturated carbocycles. The van der Waals surface area contributed by atoms with Crippen LogP contribution in [0.3, 0.4) is 0 Å². The molecule has 1 fully saturated rings. The molecule has 0 spiro atoms. The Morgan fingerprint density at radius 3 is 2.57 bits per heavy atom. The van der Waals surface area contributed by atoms with Crippen molar-refractivity contribution in [3.8, 4) is 0 Å². The van der Waals surface area contributed by atoms with Crippen molar-refractivity contribution in [2.45, 2.75) is 32.8 Å². The van der Waals surface area contributed by atoms with Crippen LogP contribution in [0.25, 0.3) is 0 Å². The average Bonchev–Trinajstić information content (AvgIpc) is 2.50. The number of anilines is 1. The molecule has 1 heterocycles. The minimum atomic E-state index is 0.183. The van der Waals surface area contributed by atoms with Gasteiger partial charge in [0.1, 0.15) is 0 Å². The fraction of sp³-hybridized carbons (Fsp3) is 0.588. The average molecular weight is 290 g/mol. The van der Waals surface area contributed by atoms with Gasteiger partial charge in [-0.3, -0.25) is 9.69 Å². The van der Waals surface area contributed by atoms with Crippen LogP contribution in [0, 0.1) is 6.92 Å². The van der Waals surface area contributed by atoms with Gasteiger partial charge in [0.25, 0.3) is 0 Å². The minimum Gasteiger partial charge on any atom is -0.381 e. The Morgan fingerprint density at radius 2 is 2.00 bits per heavy atom. The van der Waals surface area contributed by atoms with Gasteiger partial charge in [-0.25, -0.2) is 0 Å². The third kappa shape index (κ3) is 4.05. The van der Waals surface area contributed by atoms with Gasteiger partial charge in [-0.05, 0) is 38.3 Å². The molecule has 0 bridgehead atoms. The molecule has 1 aromatic rings. The molecule has 0 aromatic heterocycles. The van der Waals surface area contributed by atoms with Gasteiger partial charge in [-0.15, -0.1) is 0 Å². The maximum atomic E-state index is 12.6. The van der Waals surface area contributed by atoms with Crippen molar-refractivity contribution in [3.05, 3.63) is 29.8 Å². The number of rotatable bonds is 5. The van der Waals surface area contributed by atoms with E-state index >= 15 is 0 Å². The number of likely N-dealkylation sites (tertiary alicyclic amines) is 1. The standard InChI is InChI=1S/C17H26N2O2/c1-4-19(16-8-6-5-7-14(16)2)17(20)13-18-11-9-15(21-3)10-12-18/h5-8,15H,4,9-13H2,1-3H3. The number of nitrogens with zero attached hydrogens (tertiary/aromatic N) is 2. The number of carbonyl (C=O) groups excluding carboxylic acids is 1. The first kappa shape index (κ1) is 16.0. The number of amides is 1. The Morgan fingerprint density at radius 1 is 1.33 bits per heavy atom. The summed E-state index contributed by atoms with van der Waals surface area (Å²) in [6.45, 7) is 7.17. The Labute approximate surface area is 127 Å². The van der Waals surface area contributed by atoms with Crippen molar-refractivity contribution in [3.63, 3.8) is 0 Å². The number of piperidine rings is 1. The van der Waals surface area contributed by atoms with Crippen LogP contribution in [0.15, 0.2) is 24.3 Å². The molecule has 2 rings (SSSR count). The summed E-state index contributed by atoms with van der Waals surface area (Å²) < 4.78 is 5.38. The zero-order valence-electron chi connectivity index (χ0n) is 13.3. The summed E-state index contributed by atoms with van der Waals surface area (Å²) >= 11 is 0. The summed E-state index contributed by atoms with van der Waals surface area (Å²) in [7, 11) is 1.77. The van der Waals surface area contributed by atoms with E-state index in [4.69, 9.17) is 4.74 Å². The molecule has 0 N–H and O–H groups in total. The van der Waals surface area contributed by atoms with Gasteiger partial charge in [0.2, 0.25) is 5.91 Å². The van der Waals surface area contributed by atoms with Crippen molar-refractivity contribution in [1.82, 2.24) is 4.90 Å². The molecule has 4 nitrogen and oxygen atoms in total. The van der Waals surface area contributed by atoms with Crippen LogP contribution in [-0.2, 0) is 9.53 Å². The Bertz CT molecular complexity index is 468. The quantitative estimate of drug-likeness (QED) is 0.835. The van der Waals surface area contributed by atoms with E-state index in [1.807, 2.05) is 30.0 Å². The van der Waals surface area contributed by atoms with Crippen molar-refractivity contribution in [1.29, 1.82) is 0 Å². The first-order chi connectivity index (χ1) is 10.2. The molecule has 1 aliphatic rings. The number of hydrogen-bond donors (Lipinski definition) is 0. The normalized spacial score (nSPS) is 16.9. The third-order valence-electron chi connectivity index (χ3n) is 4.25. The van der Waals surface area contributed by atoms with Crippen LogP contribution in [-0.4, -0.2) is 50.2 Å². The predicted molar refractivity (Wildman–Crippen MR) is 85.7 cm³/mol. The highest BCUT2D eigenvalue weighted by molar-refractivity contribution is 5.95. The number of likely N-dealkylation sites (N-methyl/N-ethyl adjacent to an activating group) is 1. The SMILES string of the molecule is CCN(C(=O)CN1CCC(OC)CC1)c1ccccc1C. The van der Waals surface area contributed by atoms with Crippen LogP contribution >= 0.6 is 0 Å². The van der Waals surface area contributed by atoms with E-state index in [1.165, 1.54) is 0 Å². The maximum Gasteiger partial charge on any atom is 0.241 e. The summed E-state index contributed by atoms with van der Waals surface area (Å²) in [6, 6.07) is 8.07. The highest BCUT2D eigenvalue weighted by Crippen LogP contribution is 2.20. The Kier molecular flexibility index (Phi) is 5.76. The predicted octanol–water partition coefficient (Wildman–Crippen LogP) is 2.46. The fourth-order valence-electron chi connectivity index (χ4n) is 2.93. The topological polar surface area (TPSA) is 32.8 Å². The van der Waals surface area contributed by atoms with Crippen molar-refractivity contribution < 1.29 is 9.53 Å². The summed E-state index contributed by atoms with van der Waals surface area (Å²) in [4.78, 5) is 16.7. The Hall–Kier alpha value is -1.39. The number of para-hydroxylation sites is 1. The summed E-state index contributed by atoms with van der Waals surface area (Å²) in [5.41, 5.74) is 2.17. The van der Waals surface area contributed by atoms with Gasteiger partial charge in [-0.2, -0.15) is 0 Å². The highest BCUT2D eigenvalue weighted by Gasteiger charge is 2.23. The van der Waals surface area contributed by atoms with Crippen LogP contribution in [0.1, 0.15) is 25.3 Å². The number of aryl methyl sites for hydroxylation is 1. The van der Waals surface area contributed by atoms with Crippen LogP contribution in [0.5, 0.6) is 0 Å². The van der Waals surface area contributed by atoms with Crippen molar-refractivity contribution in [2.75, 3.05) is 38.2 Å². The molecule has 1 aromatic carbocycles. The van der Waals surface area contributed by atoms with Gasteiger partial charge in [0.15, 0.2) is 0 Å². The van der Waals surface area contributed by atoms with Gasteiger partial charge in [0, 0.05) is 32.4 Å². The smallest absolute Gasteiger partial charge is 0.241 e. The first-order valence-electron chi connectivity index (χ1n) is 7.76. The summed E-state index contributed by atoms with van der Waals surface area (Å²) in [5.74, 6) is 0.183. The second-order valence-corrected chi connectivity index (χ2v) is 5.64. The Balaban J connectivity index is 1.97. The molecule has 116 valence electrons. The van der Waals surface area contributed by atoms with E-state index in [0.29, 0.717) is 19.2 Å². The molecule has 4 heteroatoms. The van der Waals surface area contributed by atoms with E-state index in [2.05, 4.69) is 17.9 Å². The fourth-order valence-corrected chi connectivity index (χ4v) is 2.93. The summed E-state index contributed by atoms with van der Waals surface area (Å²) in [5, 5.41) is 0. The van der Waals surface area contributed by atoms with Gasteiger partial charge in [-0.1, -0.05) is 18.2 Å². The zero-order valence-corrected chi connectivity index (χ0v) is 13.3. The highest BCUT2D eigenvalue weighted by atomic mass is 16.5. The zero-order chi connectivity index (χ0) is 15.2. The van der Waals surface area contributed by atoms with Gasteiger partial charge in [0.05, 0.1) is 12.6 Å². The number of carbonyl (C=O) groups is 1. The van der Waals surface area contributed by atoms with Crippen LogP contribution < -0.4 is 4.90 Å². The van der Waals surface area contributed by atoms with E-state index in [0.717, 1.165) is 37.2 Å². The largest absolute Gasteiger partial charge is 0.381 e. The lowest BCUT2D eigenvalue weighted by atomic mass is 10.1. The molecule has 1 saturated heterocycles. The number of methoxy groups -OCH3 is 1. The lowest BCUT2D eigenvalue weighted by Crippen LogP contribution is -2.44. The molecular formula is C17H26N2O2. The van der Waals surface area contributed by atoms with Crippen molar-refractivity contribution >= 4 is 11.6 Å². The molecule has 1 amide bonds. The number of ether oxygens (including phenoxy) is 1. The lowest BCUT2D eigenvalue weighted by molar-refractivity contribution is -0.120. The molecule has 0 radical (unpaired) electrons. The monoisotopic (exact) mass is 290 g/mol. The minimum absolute atomic E-state index is 0.183. The van der Waals surface area contributed by atoms with E-state index < -0.39 is 0 Å². The van der Waals surface area contributed by atoms with Gasteiger partial charge < -0.3 is 9.64 Å². The summed E-state index contributed by atoms with van der Waals surface area (Å²) in [6.07, 6.45) is 2.38. The van der Waals surface area contributed by atoms with E-state index in [9.17, 15) is 4.79 Å². The van der Waals surface area contributed by atoms with E-state index in [1.54, 1.807) is 7.11 Å².